The van der Waals surface area contributed by atoms with Crippen molar-refractivity contribution in [2.24, 2.45) is 5.73 Å². The van der Waals surface area contributed by atoms with Crippen molar-refractivity contribution in [3.8, 4) is 0 Å². The second-order valence-corrected chi connectivity index (χ2v) is 3.38. The number of rotatable bonds is 2. The van der Waals surface area contributed by atoms with Gasteiger partial charge in [0.05, 0.1) is 0 Å². The molecule has 0 spiro atoms. The summed E-state index contributed by atoms with van der Waals surface area (Å²) in [5.74, 6) is -0.402. The topological polar surface area (TPSA) is 55.6 Å². The summed E-state index contributed by atoms with van der Waals surface area (Å²) in [7, 11) is 0. The maximum absolute atomic E-state index is 11.0. The fourth-order valence-corrected chi connectivity index (χ4v) is 1.41. The maximum Gasteiger partial charge on any atom is 0.252 e. The first-order valence-corrected chi connectivity index (χ1v) is 4.17. The molecule has 1 aliphatic heterocycles. The van der Waals surface area contributed by atoms with E-state index in [9.17, 15) is 4.79 Å². The number of carbonyl (C=O) groups excluding carboxylic acids is 1. The Morgan fingerprint density at radius 2 is 2.08 bits per heavy atom. The largest absolute Gasteiger partial charge is 0.367 e. The minimum Gasteiger partial charge on any atom is -0.367 e. The average Bonchev–Trinajstić information content (AvgIpc) is 2.81. The van der Waals surface area contributed by atoms with Crippen molar-refractivity contribution in [3.63, 3.8) is 0 Å². The Balaban J connectivity index is 2.21. The van der Waals surface area contributed by atoms with Crippen LogP contribution in [0.1, 0.15) is 18.6 Å². The number of nitrogens with two attached hydrogens (primary N) is 1. The van der Waals surface area contributed by atoms with Crippen LogP contribution in [-0.4, -0.2) is 11.5 Å². The summed E-state index contributed by atoms with van der Waals surface area (Å²) in [6, 6.07) is 9.61. The van der Waals surface area contributed by atoms with Crippen LogP contribution in [0.5, 0.6) is 0 Å². The summed E-state index contributed by atoms with van der Waals surface area (Å²) in [5.41, 5.74) is 5.41. The lowest BCUT2D eigenvalue weighted by atomic mass is 10.0. The van der Waals surface area contributed by atoms with Gasteiger partial charge in [-0.25, -0.2) is 0 Å². The number of benzene rings is 1. The lowest BCUT2D eigenvalue weighted by Gasteiger charge is -1.99. The Morgan fingerprint density at radius 3 is 2.54 bits per heavy atom. The van der Waals surface area contributed by atoms with Gasteiger partial charge in [-0.05, 0) is 12.5 Å². The predicted molar refractivity (Wildman–Crippen MR) is 47.9 cm³/mol. The highest BCUT2D eigenvalue weighted by Gasteiger charge is 2.58. The van der Waals surface area contributed by atoms with E-state index in [1.54, 1.807) is 6.92 Å². The van der Waals surface area contributed by atoms with Gasteiger partial charge in [0.1, 0.15) is 6.10 Å². The van der Waals surface area contributed by atoms with Gasteiger partial charge in [-0.15, -0.1) is 0 Å². The lowest BCUT2D eigenvalue weighted by molar-refractivity contribution is -0.122. The van der Waals surface area contributed by atoms with Crippen molar-refractivity contribution in [1.29, 1.82) is 0 Å². The molecule has 13 heavy (non-hydrogen) atoms. The van der Waals surface area contributed by atoms with Crippen LogP contribution in [0.3, 0.4) is 0 Å². The Labute approximate surface area is 76.5 Å². The van der Waals surface area contributed by atoms with Crippen LogP contribution in [-0.2, 0) is 9.53 Å². The summed E-state index contributed by atoms with van der Waals surface area (Å²) in [4.78, 5) is 11.0. The van der Waals surface area contributed by atoms with Crippen LogP contribution in [0.25, 0.3) is 0 Å². The highest BCUT2D eigenvalue weighted by atomic mass is 16.6. The lowest BCUT2D eigenvalue weighted by Crippen LogP contribution is -2.29. The third kappa shape index (κ3) is 1.21. The number of epoxide rings is 1. The van der Waals surface area contributed by atoms with E-state index in [1.807, 2.05) is 30.3 Å². The standard InChI is InChI=1S/C10H11NO2/c1-10(9(11)12)8(13-10)7-5-3-2-4-6-7/h2-6,8H,1H3,(H2,11,12). The molecule has 2 N–H and O–H groups in total. The minimum absolute atomic E-state index is 0.161. The van der Waals surface area contributed by atoms with Crippen LogP contribution in [0.2, 0.25) is 0 Å². The van der Waals surface area contributed by atoms with Crippen LogP contribution in [0, 0.1) is 0 Å². The zero-order valence-electron chi connectivity index (χ0n) is 7.36. The summed E-state index contributed by atoms with van der Waals surface area (Å²) in [5, 5.41) is 0. The summed E-state index contributed by atoms with van der Waals surface area (Å²) < 4.78 is 5.28. The van der Waals surface area contributed by atoms with Gasteiger partial charge in [-0.1, -0.05) is 30.3 Å². The predicted octanol–water partition coefficient (Wildman–Crippen LogP) is 1.00. The van der Waals surface area contributed by atoms with E-state index in [2.05, 4.69) is 0 Å². The van der Waals surface area contributed by atoms with Gasteiger partial charge in [-0.2, -0.15) is 0 Å². The second kappa shape index (κ2) is 2.57. The van der Waals surface area contributed by atoms with E-state index in [0.29, 0.717) is 0 Å². The Kier molecular flexibility index (Phi) is 1.63. The zero-order chi connectivity index (χ0) is 9.47. The molecule has 3 heteroatoms. The van der Waals surface area contributed by atoms with E-state index in [-0.39, 0.29) is 6.10 Å². The Bertz CT molecular complexity index is 336. The smallest absolute Gasteiger partial charge is 0.252 e. The van der Waals surface area contributed by atoms with Gasteiger partial charge < -0.3 is 10.5 Å². The first-order valence-electron chi connectivity index (χ1n) is 4.17. The summed E-state index contributed by atoms with van der Waals surface area (Å²) in [6.45, 7) is 1.72. The van der Waals surface area contributed by atoms with Gasteiger partial charge in [0.2, 0.25) is 0 Å². The summed E-state index contributed by atoms with van der Waals surface area (Å²) >= 11 is 0. The summed E-state index contributed by atoms with van der Waals surface area (Å²) in [6.07, 6.45) is -0.161. The van der Waals surface area contributed by atoms with E-state index in [0.717, 1.165) is 5.56 Å². The Hall–Kier alpha value is -1.35. The molecule has 0 aliphatic carbocycles. The van der Waals surface area contributed by atoms with Crippen molar-refractivity contribution >= 4 is 5.91 Å². The molecule has 0 radical (unpaired) electrons. The first kappa shape index (κ1) is 8.26. The van der Waals surface area contributed by atoms with Crippen molar-refractivity contribution in [3.05, 3.63) is 35.9 Å². The third-order valence-electron chi connectivity index (χ3n) is 2.40. The number of carbonyl (C=O) groups is 1. The van der Waals surface area contributed by atoms with E-state index < -0.39 is 11.5 Å². The molecular weight excluding hydrogens is 166 g/mol. The van der Waals surface area contributed by atoms with E-state index in [1.165, 1.54) is 0 Å². The van der Waals surface area contributed by atoms with E-state index >= 15 is 0 Å². The molecule has 0 aromatic heterocycles. The molecule has 1 aromatic rings. The minimum atomic E-state index is -0.790. The molecule has 3 nitrogen and oxygen atoms in total. The molecule has 2 atom stereocenters. The van der Waals surface area contributed by atoms with Crippen LogP contribution >= 0.6 is 0 Å². The number of primary amides is 1. The molecule has 0 saturated carbocycles. The van der Waals surface area contributed by atoms with Gasteiger partial charge in [-0.3, -0.25) is 4.79 Å². The van der Waals surface area contributed by atoms with E-state index in [4.69, 9.17) is 10.5 Å². The molecule has 1 amide bonds. The number of hydrogen-bond donors (Lipinski definition) is 1. The Morgan fingerprint density at radius 1 is 1.46 bits per heavy atom. The molecule has 1 saturated heterocycles. The monoisotopic (exact) mass is 177 g/mol. The molecule has 2 unspecified atom stereocenters. The van der Waals surface area contributed by atoms with Crippen molar-refractivity contribution in [2.45, 2.75) is 18.6 Å². The number of hydrogen-bond acceptors (Lipinski definition) is 2. The maximum atomic E-state index is 11.0. The van der Waals surface area contributed by atoms with Crippen molar-refractivity contribution in [2.75, 3.05) is 0 Å². The third-order valence-corrected chi connectivity index (χ3v) is 2.40. The normalized spacial score (nSPS) is 31.3. The molecule has 1 fully saturated rings. The number of amides is 1. The van der Waals surface area contributed by atoms with Crippen LogP contribution in [0.15, 0.2) is 30.3 Å². The highest BCUT2D eigenvalue weighted by molar-refractivity contribution is 5.86. The molecule has 0 bridgehead atoms. The zero-order valence-corrected chi connectivity index (χ0v) is 7.36. The molecule has 2 rings (SSSR count). The van der Waals surface area contributed by atoms with Gasteiger partial charge >= 0.3 is 0 Å². The van der Waals surface area contributed by atoms with Crippen LogP contribution in [0.4, 0.5) is 0 Å². The molecule has 1 aromatic carbocycles. The van der Waals surface area contributed by atoms with Gasteiger partial charge in [0, 0.05) is 0 Å². The van der Waals surface area contributed by atoms with Crippen molar-refractivity contribution in [1.82, 2.24) is 0 Å². The molecule has 1 heterocycles. The van der Waals surface area contributed by atoms with Crippen LogP contribution < -0.4 is 5.73 Å². The first-order chi connectivity index (χ1) is 6.14. The van der Waals surface area contributed by atoms with Gasteiger partial charge in [0.25, 0.3) is 5.91 Å². The fraction of sp³-hybridized carbons (Fsp3) is 0.300. The van der Waals surface area contributed by atoms with Crippen molar-refractivity contribution < 1.29 is 9.53 Å². The number of ether oxygens (including phenoxy) is 1. The SMILES string of the molecule is CC1(C(N)=O)OC1c1ccccc1. The fourth-order valence-electron chi connectivity index (χ4n) is 1.41. The molecule has 1 aliphatic rings. The van der Waals surface area contributed by atoms with Gasteiger partial charge in [0.15, 0.2) is 5.60 Å². The second-order valence-electron chi connectivity index (χ2n) is 3.38. The molecular formula is C10H11NO2. The molecule has 68 valence electrons. The average molecular weight is 177 g/mol. The quantitative estimate of drug-likeness (QED) is 0.685. The highest BCUT2D eigenvalue weighted by Crippen LogP contribution is 2.48.